The summed E-state index contributed by atoms with van der Waals surface area (Å²) >= 11 is 5.80. The molecule has 0 bridgehead atoms. The lowest BCUT2D eigenvalue weighted by Gasteiger charge is -1.91. The molecule has 66 valence electrons. The van der Waals surface area contributed by atoms with Crippen molar-refractivity contribution in [3.8, 4) is 0 Å². The van der Waals surface area contributed by atoms with Crippen molar-refractivity contribution in [2.24, 2.45) is 5.16 Å². The van der Waals surface area contributed by atoms with Crippen molar-refractivity contribution in [1.82, 2.24) is 4.98 Å². The molecule has 2 N–H and O–H groups in total. The molecule has 3 nitrogen and oxygen atoms in total. The predicted molar refractivity (Wildman–Crippen MR) is 52.7 cm³/mol. The van der Waals surface area contributed by atoms with E-state index in [2.05, 4.69) is 10.1 Å². The fourth-order valence-corrected chi connectivity index (χ4v) is 1.46. The van der Waals surface area contributed by atoms with Gasteiger partial charge in [0.25, 0.3) is 0 Å². The molecule has 1 heterocycles. The standard InChI is InChI=1S/C9H7ClN2O/c10-7-1-2-8-6(5-12-13)4-11-9(8)3-7/h1-5,11,13H/b12-5+. The fraction of sp³-hybridized carbons (Fsp3) is 0. The normalized spacial score (nSPS) is 11.5. The van der Waals surface area contributed by atoms with E-state index in [1.54, 1.807) is 12.3 Å². The minimum Gasteiger partial charge on any atom is -0.411 e. The first-order chi connectivity index (χ1) is 6.31. The number of halogens is 1. The van der Waals surface area contributed by atoms with Gasteiger partial charge in [0.15, 0.2) is 0 Å². The number of nitrogens with zero attached hydrogens (tertiary/aromatic N) is 1. The zero-order chi connectivity index (χ0) is 9.26. The summed E-state index contributed by atoms with van der Waals surface area (Å²) in [5.41, 5.74) is 1.77. The smallest absolute Gasteiger partial charge is 0.0755 e. The van der Waals surface area contributed by atoms with Crippen molar-refractivity contribution in [2.75, 3.05) is 0 Å². The van der Waals surface area contributed by atoms with Gasteiger partial charge in [-0.2, -0.15) is 0 Å². The first kappa shape index (κ1) is 8.13. The van der Waals surface area contributed by atoms with Gasteiger partial charge in [0, 0.05) is 27.7 Å². The Balaban J connectivity index is 2.68. The molecule has 13 heavy (non-hydrogen) atoms. The van der Waals surface area contributed by atoms with E-state index in [-0.39, 0.29) is 0 Å². The SMILES string of the molecule is O/N=C/c1c[nH]c2cc(Cl)ccc12. The van der Waals surface area contributed by atoms with Gasteiger partial charge < -0.3 is 10.2 Å². The van der Waals surface area contributed by atoms with Gasteiger partial charge in [-0.1, -0.05) is 22.8 Å². The van der Waals surface area contributed by atoms with Crippen LogP contribution in [0.5, 0.6) is 0 Å². The molecule has 0 aliphatic rings. The number of rotatable bonds is 1. The number of hydrogen-bond acceptors (Lipinski definition) is 2. The quantitative estimate of drug-likeness (QED) is 0.409. The molecule has 0 spiro atoms. The molecule has 0 atom stereocenters. The van der Waals surface area contributed by atoms with Crippen LogP contribution in [-0.4, -0.2) is 16.4 Å². The monoisotopic (exact) mass is 194 g/mol. The predicted octanol–water partition coefficient (Wildman–Crippen LogP) is 2.63. The fourth-order valence-electron chi connectivity index (χ4n) is 1.29. The van der Waals surface area contributed by atoms with E-state index in [4.69, 9.17) is 16.8 Å². The maximum absolute atomic E-state index is 8.38. The van der Waals surface area contributed by atoms with Gasteiger partial charge in [-0.05, 0) is 12.1 Å². The summed E-state index contributed by atoms with van der Waals surface area (Å²) < 4.78 is 0. The summed E-state index contributed by atoms with van der Waals surface area (Å²) in [6.07, 6.45) is 3.15. The second-order valence-electron chi connectivity index (χ2n) is 2.68. The third-order valence-corrected chi connectivity index (χ3v) is 2.11. The number of fused-ring (bicyclic) bond motifs is 1. The Morgan fingerprint density at radius 2 is 2.31 bits per heavy atom. The summed E-state index contributed by atoms with van der Waals surface area (Å²) in [7, 11) is 0. The van der Waals surface area contributed by atoms with Crippen LogP contribution in [0.2, 0.25) is 5.02 Å². The Morgan fingerprint density at radius 1 is 1.46 bits per heavy atom. The molecule has 0 radical (unpaired) electrons. The van der Waals surface area contributed by atoms with E-state index in [0.717, 1.165) is 16.5 Å². The number of hydrogen-bond donors (Lipinski definition) is 2. The van der Waals surface area contributed by atoms with Gasteiger partial charge in [-0.15, -0.1) is 0 Å². The number of H-pyrrole nitrogens is 1. The molecule has 0 unspecified atom stereocenters. The van der Waals surface area contributed by atoms with Crippen molar-refractivity contribution in [3.05, 3.63) is 35.0 Å². The van der Waals surface area contributed by atoms with E-state index in [9.17, 15) is 0 Å². The third-order valence-electron chi connectivity index (χ3n) is 1.87. The second-order valence-corrected chi connectivity index (χ2v) is 3.11. The highest BCUT2D eigenvalue weighted by Gasteiger charge is 2.01. The van der Waals surface area contributed by atoms with Crippen LogP contribution in [0.4, 0.5) is 0 Å². The minimum atomic E-state index is 0.682. The van der Waals surface area contributed by atoms with Crippen LogP contribution in [0.3, 0.4) is 0 Å². The van der Waals surface area contributed by atoms with Crippen molar-refractivity contribution in [2.45, 2.75) is 0 Å². The zero-order valence-corrected chi connectivity index (χ0v) is 7.42. The van der Waals surface area contributed by atoms with Crippen molar-refractivity contribution >= 4 is 28.7 Å². The Kier molecular flexibility index (Phi) is 1.94. The Hall–Kier alpha value is -1.48. The van der Waals surface area contributed by atoms with Crippen LogP contribution >= 0.6 is 11.6 Å². The van der Waals surface area contributed by atoms with Gasteiger partial charge in [0.2, 0.25) is 0 Å². The maximum atomic E-state index is 8.38. The van der Waals surface area contributed by atoms with E-state index < -0.39 is 0 Å². The van der Waals surface area contributed by atoms with E-state index in [1.165, 1.54) is 6.21 Å². The van der Waals surface area contributed by atoms with E-state index >= 15 is 0 Å². The van der Waals surface area contributed by atoms with Crippen molar-refractivity contribution < 1.29 is 5.21 Å². The summed E-state index contributed by atoms with van der Waals surface area (Å²) in [6.45, 7) is 0. The van der Waals surface area contributed by atoms with Crippen LogP contribution in [0.15, 0.2) is 29.6 Å². The molecule has 0 saturated heterocycles. The van der Waals surface area contributed by atoms with Gasteiger partial charge in [0.05, 0.1) is 6.21 Å². The number of aromatic amines is 1. The lowest BCUT2D eigenvalue weighted by Crippen LogP contribution is -1.76. The number of oxime groups is 1. The Morgan fingerprint density at radius 3 is 3.08 bits per heavy atom. The summed E-state index contributed by atoms with van der Waals surface area (Å²) in [4.78, 5) is 3.03. The van der Waals surface area contributed by atoms with E-state index in [0.29, 0.717) is 5.02 Å². The topological polar surface area (TPSA) is 48.4 Å². The highest BCUT2D eigenvalue weighted by molar-refractivity contribution is 6.31. The highest BCUT2D eigenvalue weighted by atomic mass is 35.5. The lowest BCUT2D eigenvalue weighted by molar-refractivity contribution is 0.322. The third kappa shape index (κ3) is 1.38. The summed E-state index contributed by atoms with van der Waals surface area (Å²) in [5, 5.41) is 13.0. The van der Waals surface area contributed by atoms with Gasteiger partial charge in [0.1, 0.15) is 0 Å². The summed E-state index contributed by atoms with van der Waals surface area (Å²) in [5.74, 6) is 0. The van der Waals surface area contributed by atoms with Crippen molar-refractivity contribution in [1.29, 1.82) is 0 Å². The Labute approximate surface area is 79.6 Å². The van der Waals surface area contributed by atoms with Crippen LogP contribution in [0.25, 0.3) is 10.9 Å². The van der Waals surface area contributed by atoms with E-state index in [1.807, 2.05) is 12.1 Å². The first-order valence-corrected chi connectivity index (χ1v) is 4.13. The minimum absolute atomic E-state index is 0.682. The lowest BCUT2D eigenvalue weighted by atomic mass is 10.2. The molecule has 0 fully saturated rings. The largest absolute Gasteiger partial charge is 0.411 e. The maximum Gasteiger partial charge on any atom is 0.0755 e. The molecule has 2 rings (SSSR count). The number of benzene rings is 1. The molecule has 4 heteroatoms. The highest BCUT2D eigenvalue weighted by Crippen LogP contribution is 2.20. The Bertz CT molecular complexity index is 462. The molecule has 2 aromatic rings. The van der Waals surface area contributed by atoms with Gasteiger partial charge in [-0.25, -0.2) is 0 Å². The molecule has 1 aromatic carbocycles. The van der Waals surface area contributed by atoms with Gasteiger partial charge >= 0.3 is 0 Å². The molecule has 1 aromatic heterocycles. The number of nitrogens with one attached hydrogen (secondary N) is 1. The molecule has 0 aliphatic carbocycles. The number of aromatic nitrogens is 1. The average molecular weight is 195 g/mol. The van der Waals surface area contributed by atoms with Crippen LogP contribution in [0, 0.1) is 0 Å². The van der Waals surface area contributed by atoms with Crippen LogP contribution in [0.1, 0.15) is 5.56 Å². The summed E-state index contributed by atoms with van der Waals surface area (Å²) in [6, 6.07) is 5.50. The van der Waals surface area contributed by atoms with Crippen LogP contribution in [-0.2, 0) is 0 Å². The zero-order valence-electron chi connectivity index (χ0n) is 6.66. The molecular weight excluding hydrogens is 188 g/mol. The van der Waals surface area contributed by atoms with Crippen LogP contribution < -0.4 is 0 Å². The molecule has 0 amide bonds. The molecule has 0 aliphatic heterocycles. The first-order valence-electron chi connectivity index (χ1n) is 3.75. The second kappa shape index (κ2) is 3.11. The average Bonchev–Trinajstić information content (AvgIpc) is 2.49. The molecular formula is C9H7ClN2O. The van der Waals surface area contributed by atoms with Gasteiger partial charge in [-0.3, -0.25) is 0 Å². The molecule has 0 saturated carbocycles. The van der Waals surface area contributed by atoms with Crippen molar-refractivity contribution in [3.63, 3.8) is 0 Å².